The predicted molar refractivity (Wildman–Crippen MR) is 136 cm³/mol. The van der Waals surface area contributed by atoms with Crippen LogP contribution in [-0.4, -0.2) is 66.9 Å². The Balaban J connectivity index is 1.56. The lowest BCUT2D eigenvalue weighted by atomic mass is 10.1. The maximum Gasteiger partial charge on any atom is 0.289 e. The minimum atomic E-state index is -1.05. The van der Waals surface area contributed by atoms with Gasteiger partial charge in [-0.15, -0.1) is 0 Å². The van der Waals surface area contributed by atoms with Gasteiger partial charge in [0.05, 0.1) is 30.2 Å². The number of carbonyl (C=O) groups excluding carboxylic acids is 2. The van der Waals surface area contributed by atoms with Crippen molar-refractivity contribution in [1.29, 1.82) is 0 Å². The van der Waals surface area contributed by atoms with Crippen LogP contribution in [0, 0.1) is 0 Å². The number of amides is 1. The number of hydrogen-bond acceptors (Lipinski definition) is 9. The molecule has 3 aromatic rings. The lowest BCUT2D eigenvalue weighted by molar-refractivity contribution is -0.114. The average Bonchev–Trinajstić information content (AvgIpc) is 2.86. The average molecular weight is 496 g/mol. The summed E-state index contributed by atoms with van der Waals surface area (Å²) in [5, 5.41) is 6.38. The molecule has 35 heavy (non-hydrogen) atoms. The smallest absolute Gasteiger partial charge is 0.289 e. The quantitative estimate of drug-likeness (QED) is 0.319. The number of para-hydroxylation sites is 1. The minimum absolute atomic E-state index is 0.116. The van der Waals surface area contributed by atoms with Gasteiger partial charge in [-0.2, -0.15) is 4.98 Å². The summed E-state index contributed by atoms with van der Waals surface area (Å²) < 4.78 is 5.61. The fourth-order valence-corrected chi connectivity index (χ4v) is 3.87. The highest BCUT2D eigenvalue weighted by molar-refractivity contribution is 6.43. The SMILES string of the molecule is COc1cc(N2CCN(C)CC2)ccc1Nc1ncc(Cl)c(Nc2ccccc2C(=O)C(N)=O)n1. The number of rotatable bonds is 8. The predicted octanol–water partition coefficient (Wildman–Crippen LogP) is 3.05. The number of aromatic nitrogens is 2. The van der Waals surface area contributed by atoms with Crippen molar-refractivity contribution in [3.8, 4) is 5.75 Å². The number of anilines is 5. The molecule has 2 aromatic carbocycles. The van der Waals surface area contributed by atoms with Crippen LogP contribution in [0.5, 0.6) is 5.75 Å². The number of nitrogens with zero attached hydrogens (tertiary/aromatic N) is 4. The monoisotopic (exact) mass is 495 g/mol. The Morgan fingerprint density at radius 3 is 2.51 bits per heavy atom. The van der Waals surface area contributed by atoms with Gasteiger partial charge in [-0.05, 0) is 31.3 Å². The van der Waals surface area contributed by atoms with Crippen molar-refractivity contribution < 1.29 is 14.3 Å². The highest BCUT2D eigenvalue weighted by Gasteiger charge is 2.19. The fourth-order valence-electron chi connectivity index (χ4n) is 3.73. The molecule has 0 bridgehead atoms. The van der Waals surface area contributed by atoms with Crippen LogP contribution >= 0.6 is 11.6 Å². The zero-order chi connectivity index (χ0) is 24.9. The van der Waals surface area contributed by atoms with Gasteiger partial charge >= 0.3 is 0 Å². The summed E-state index contributed by atoms with van der Waals surface area (Å²) in [4.78, 5) is 36.9. The van der Waals surface area contributed by atoms with Crippen molar-refractivity contribution in [3.63, 3.8) is 0 Å². The molecule has 0 unspecified atom stereocenters. The van der Waals surface area contributed by atoms with Crippen LogP contribution in [-0.2, 0) is 4.79 Å². The standard InChI is InChI=1S/C24H26ClN7O3/c1-31-9-11-32(12-10-31)15-7-8-19(20(13-15)35-2)29-24-27-14-17(25)23(30-24)28-18-6-4-3-5-16(18)21(33)22(26)34/h3-8,13-14H,9-12H2,1-2H3,(H2,26,34)(H2,27,28,29,30). The van der Waals surface area contributed by atoms with Gasteiger partial charge < -0.3 is 30.9 Å². The molecule has 0 radical (unpaired) electrons. The minimum Gasteiger partial charge on any atom is -0.494 e. The number of nitrogens with one attached hydrogen (secondary N) is 2. The highest BCUT2D eigenvalue weighted by atomic mass is 35.5. The van der Waals surface area contributed by atoms with Crippen LogP contribution < -0.4 is 26.0 Å². The van der Waals surface area contributed by atoms with Crippen LogP contribution in [0.25, 0.3) is 0 Å². The number of piperazine rings is 1. The summed E-state index contributed by atoms with van der Waals surface area (Å²) >= 11 is 6.29. The van der Waals surface area contributed by atoms with E-state index >= 15 is 0 Å². The van der Waals surface area contributed by atoms with Gasteiger partial charge in [0.1, 0.15) is 10.8 Å². The lowest BCUT2D eigenvalue weighted by Gasteiger charge is -2.34. The molecular formula is C24H26ClN7O3. The summed E-state index contributed by atoms with van der Waals surface area (Å²) in [6, 6.07) is 12.4. The summed E-state index contributed by atoms with van der Waals surface area (Å²) in [5.41, 5.74) is 7.39. The second-order valence-electron chi connectivity index (χ2n) is 8.05. The maximum atomic E-state index is 12.2. The molecule has 0 atom stereocenters. The maximum absolute atomic E-state index is 12.2. The van der Waals surface area contributed by atoms with Crippen molar-refractivity contribution in [2.24, 2.45) is 5.73 Å². The van der Waals surface area contributed by atoms with Gasteiger partial charge in [0.15, 0.2) is 5.82 Å². The molecule has 1 aromatic heterocycles. The van der Waals surface area contributed by atoms with Gasteiger partial charge in [0, 0.05) is 37.9 Å². The van der Waals surface area contributed by atoms with E-state index in [4.69, 9.17) is 22.1 Å². The van der Waals surface area contributed by atoms with E-state index in [1.165, 1.54) is 12.3 Å². The molecule has 4 N–H and O–H groups in total. The Labute approximate surface area is 208 Å². The summed E-state index contributed by atoms with van der Waals surface area (Å²) in [5.74, 6) is -0.709. The number of primary amides is 1. The number of hydrogen-bond donors (Lipinski definition) is 3. The van der Waals surface area contributed by atoms with E-state index < -0.39 is 11.7 Å². The van der Waals surface area contributed by atoms with Crippen LogP contribution in [0.2, 0.25) is 5.02 Å². The first-order chi connectivity index (χ1) is 16.9. The molecule has 2 heterocycles. The first-order valence-electron chi connectivity index (χ1n) is 11.0. The number of halogens is 1. The van der Waals surface area contributed by atoms with Gasteiger partial charge in [-0.3, -0.25) is 9.59 Å². The van der Waals surface area contributed by atoms with E-state index in [9.17, 15) is 9.59 Å². The molecule has 0 aliphatic carbocycles. The van der Waals surface area contributed by atoms with E-state index in [1.54, 1.807) is 25.3 Å². The van der Waals surface area contributed by atoms with Crippen molar-refractivity contribution in [2.75, 3.05) is 55.9 Å². The molecule has 1 fully saturated rings. The number of likely N-dealkylation sites (N-methyl/N-ethyl adjacent to an activating group) is 1. The van der Waals surface area contributed by atoms with E-state index in [-0.39, 0.29) is 22.4 Å². The first-order valence-corrected chi connectivity index (χ1v) is 11.3. The number of methoxy groups -OCH3 is 1. The molecule has 182 valence electrons. The normalized spacial score (nSPS) is 13.9. The van der Waals surface area contributed by atoms with Crippen molar-refractivity contribution in [3.05, 3.63) is 59.2 Å². The first kappa shape index (κ1) is 24.2. The number of ether oxygens (including phenoxy) is 1. The Kier molecular flexibility index (Phi) is 7.33. The lowest BCUT2D eigenvalue weighted by Crippen LogP contribution is -2.44. The van der Waals surface area contributed by atoms with Gasteiger partial charge in [0.2, 0.25) is 5.95 Å². The molecule has 1 aliphatic rings. The Hall–Kier alpha value is -3.89. The summed E-state index contributed by atoms with van der Waals surface area (Å²) in [6.07, 6.45) is 1.43. The molecule has 1 amide bonds. The van der Waals surface area contributed by atoms with Gasteiger partial charge in [-0.25, -0.2) is 4.98 Å². The highest BCUT2D eigenvalue weighted by Crippen LogP contribution is 2.33. The third-order valence-corrected chi connectivity index (χ3v) is 5.97. The molecule has 1 aliphatic heterocycles. The third kappa shape index (κ3) is 5.61. The number of Topliss-reactive ketones (excluding diaryl/α,β-unsaturated/α-hetero) is 1. The molecule has 10 nitrogen and oxygen atoms in total. The second-order valence-corrected chi connectivity index (χ2v) is 8.46. The molecule has 1 saturated heterocycles. The Morgan fingerprint density at radius 2 is 1.80 bits per heavy atom. The fraction of sp³-hybridized carbons (Fsp3) is 0.250. The Morgan fingerprint density at radius 1 is 1.06 bits per heavy atom. The molecule has 0 spiro atoms. The number of carbonyl (C=O) groups is 2. The van der Waals surface area contributed by atoms with Crippen LogP contribution in [0.4, 0.5) is 28.8 Å². The summed E-state index contributed by atoms with van der Waals surface area (Å²) in [6.45, 7) is 3.90. The van der Waals surface area contributed by atoms with Gasteiger partial charge in [-0.1, -0.05) is 23.7 Å². The van der Waals surface area contributed by atoms with E-state index in [0.29, 0.717) is 17.1 Å². The number of benzene rings is 2. The van der Waals surface area contributed by atoms with Crippen LogP contribution in [0.1, 0.15) is 10.4 Å². The van der Waals surface area contributed by atoms with E-state index in [1.807, 2.05) is 18.2 Å². The van der Waals surface area contributed by atoms with Crippen molar-refractivity contribution >= 4 is 52.1 Å². The second kappa shape index (κ2) is 10.6. The number of ketones is 1. The van der Waals surface area contributed by atoms with E-state index in [2.05, 4.69) is 37.4 Å². The van der Waals surface area contributed by atoms with Crippen molar-refractivity contribution in [1.82, 2.24) is 14.9 Å². The third-order valence-electron chi connectivity index (χ3n) is 5.69. The zero-order valence-electron chi connectivity index (χ0n) is 19.4. The number of nitrogens with two attached hydrogens (primary N) is 1. The van der Waals surface area contributed by atoms with Crippen LogP contribution in [0.3, 0.4) is 0 Å². The largest absolute Gasteiger partial charge is 0.494 e. The summed E-state index contributed by atoms with van der Waals surface area (Å²) in [7, 11) is 3.73. The topological polar surface area (TPSA) is 126 Å². The molecule has 0 saturated carbocycles. The molecule has 11 heteroatoms. The zero-order valence-corrected chi connectivity index (χ0v) is 20.2. The Bertz CT molecular complexity index is 1250. The van der Waals surface area contributed by atoms with Gasteiger partial charge in [0.25, 0.3) is 11.7 Å². The molecule has 4 rings (SSSR count). The van der Waals surface area contributed by atoms with E-state index in [0.717, 1.165) is 31.9 Å². The van der Waals surface area contributed by atoms with Crippen molar-refractivity contribution in [2.45, 2.75) is 0 Å². The molecular weight excluding hydrogens is 470 g/mol. The van der Waals surface area contributed by atoms with Crippen LogP contribution in [0.15, 0.2) is 48.7 Å².